The summed E-state index contributed by atoms with van der Waals surface area (Å²) >= 11 is 0. The van der Waals surface area contributed by atoms with Crippen molar-refractivity contribution in [3.63, 3.8) is 0 Å². The lowest BCUT2D eigenvalue weighted by atomic mass is 9.92. The second kappa shape index (κ2) is 4.54. The van der Waals surface area contributed by atoms with E-state index in [1.807, 2.05) is 54.6 Å². The smallest absolute Gasteiger partial charge is 0.140 e. The van der Waals surface area contributed by atoms with E-state index < -0.39 is 0 Å². The van der Waals surface area contributed by atoms with Gasteiger partial charge in [0.2, 0.25) is 0 Å². The van der Waals surface area contributed by atoms with Crippen molar-refractivity contribution >= 4 is 5.78 Å². The summed E-state index contributed by atoms with van der Waals surface area (Å²) in [6.07, 6.45) is 1.91. The second-order valence-electron chi connectivity index (χ2n) is 5.08. The van der Waals surface area contributed by atoms with Gasteiger partial charge in [0.05, 0.1) is 5.41 Å². The Morgan fingerprint density at radius 3 is 2.32 bits per heavy atom. The Hall–Kier alpha value is -2.09. The van der Waals surface area contributed by atoms with Crippen LogP contribution in [0.4, 0.5) is 0 Å². The first-order chi connectivity index (χ1) is 9.21. The summed E-state index contributed by atoms with van der Waals surface area (Å²) in [5.41, 5.74) is 0.837. The van der Waals surface area contributed by atoms with Crippen molar-refractivity contribution in [2.75, 3.05) is 0 Å². The summed E-state index contributed by atoms with van der Waals surface area (Å²) in [5, 5.41) is 0. The van der Waals surface area contributed by atoms with Gasteiger partial charge < -0.3 is 4.74 Å². The third-order valence-electron chi connectivity index (χ3n) is 3.79. The van der Waals surface area contributed by atoms with Gasteiger partial charge in [0.15, 0.2) is 0 Å². The number of para-hydroxylation sites is 1. The van der Waals surface area contributed by atoms with Gasteiger partial charge in [-0.25, -0.2) is 0 Å². The molecule has 1 fully saturated rings. The second-order valence-corrected chi connectivity index (χ2v) is 5.08. The summed E-state index contributed by atoms with van der Waals surface area (Å²) < 4.78 is 5.81. The van der Waals surface area contributed by atoms with Crippen LogP contribution in [0.5, 0.6) is 11.5 Å². The molecule has 0 aromatic heterocycles. The van der Waals surface area contributed by atoms with E-state index in [9.17, 15) is 4.79 Å². The minimum Gasteiger partial charge on any atom is -0.457 e. The molecule has 0 amide bonds. The standard InChI is InChI=1S/C17H16O2/c1-13(18)17(10-11-17)14-6-5-9-16(12-14)19-15-7-3-2-4-8-15/h2-9,12H,10-11H2,1H3. The molecule has 0 heterocycles. The predicted molar refractivity (Wildman–Crippen MR) is 74.6 cm³/mol. The molecule has 0 radical (unpaired) electrons. The van der Waals surface area contributed by atoms with Gasteiger partial charge in [-0.05, 0) is 49.6 Å². The summed E-state index contributed by atoms with van der Waals surface area (Å²) in [6.45, 7) is 1.68. The number of hydrogen-bond donors (Lipinski definition) is 0. The van der Waals surface area contributed by atoms with Gasteiger partial charge in [-0.15, -0.1) is 0 Å². The van der Waals surface area contributed by atoms with E-state index in [4.69, 9.17) is 4.74 Å². The topological polar surface area (TPSA) is 26.3 Å². The SMILES string of the molecule is CC(=O)C1(c2cccc(Oc3ccccc3)c2)CC1. The first-order valence-electron chi connectivity index (χ1n) is 6.55. The molecular formula is C17H16O2. The number of Topliss-reactive ketones (excluding diaryl/α,β-unsaturated/α-hetero) is 1. The Balaban J connectivity index is 1.87. The number of ketones is 1. The number of ether oxygens (including phenoxy) is 1. The summed E-state index contributed by atoms with van der Waals surface area (Å²) in [7, 11) is 0. The molecule has 0 atom stereocenters. The molecule has 2 aromatic carbocycles. The molecule has 2 nitrogen and oxygen atoms in total. The molecule has 0 unspecified atom stereocenters. The molecule has 0 N–H and O–H groups in total. The van der Waals surface area contributed by atoms with Crippen molar-refractivity contribution < 1.29 is 9.53 Å². The van der Waals surface area contributed by atoms with E-state index in [0.29, 0.717) is 0 Å². The van der Waals surface area contributed by atoms with Gasteiger partial charge in [-0.3, -0.25) is 4.79 Å². The lowest BCUT2D eigenvalue weighted by Gasteiger charge is -2.13. The summed E-state index contributed by atoms with van der Waals surface area (Å²) in [4.78, 5) is 11.8. The monoisotopic (exact) mass is 252 g/mol. The average molecular weight is 252 g/mol. The van der Waals surface area contributed by atoms with E-state index in [-0.39, 0.29) is 11.2 Å². The fourth-order valence-electron chi connectivity index (χ4n) is 2.45. The van der Waals surface area contributed by atoms with E-state index >= 15 is 0 Å². The number of rotatable bonds is 4. The molecule has 1 saturated carbocycles. The number of carbonyl (C=O) groups excluding carboxylic acids is 1. The number of benzene rings is 2. The highest BCUT2D eigenvalue weighted by Crippen LogP contribution is 2.49. The first kappa shape index (κ1) is 12.0. The fraction of sp³-hybridized carbons (Fsp3) is 0.235. The molecular weight excluding hydrogens is 236 g/mol. The van der Waals surface area contributed by atoms with Crippen molar-refractivity contribution in [3.05, 3.63) is 60.2 Å². The molecule has 1 aliphatic carbocycles. The molecule has 2 aromatic rings. The van der Waals surface area contributed by atoms with Gasteiger partial charge >= 0.3 is 0 Å². The first-order valence-corrected chi connectivity index (χ1v) is 6.55. The Morgan fingerprint density at radius 1 is 1.00 bits per heavy atom. The quantitative estimate of drug-likeness (QED) is 0.818. The Morgan fingerprint density at radius 2 is 1.68 bits per heavy atom. The van der Waals surface area contributed by atoms with Crippen LogP contribution in [0.2, 0.25) is 0 Å². The Labute approximate surface area is 113 Å². The van der Waals surface area contributed by atoms with Crippen LogP contribution in [0.1, 0.15) is 25.3 Å². The highest BCUT2D eigenvalue weighted by Gasteiger charge is 2.48. The molecule has 0 aliphatic heterocycles. The highest BCUT2D eigenvalue weighted by atomic mass is 16.5. The molecule has 1 aliphatic rings. The van der Waals surface area contributed by atoms with Crippen molar-refractivity contribution in [1.82, 2.24) is 0 Å². The van der Waals surface area contributed by atoms with Crippen LogP contribution in [-0.4, -0.2) is 5.78 Å². The van der Waals surface area contributed by atoms with E-state index in [1.54, 1.807) is 6.92 Å². The van der Waals surface area contributed by atoms with Crippen molar-refractivity contribution in [2.24, 2.45) is 0 Å². The maximum Gasteiger partial charge on any atom is 0.140 e. The summed E-state index contributed by atoms with van der Waals surface area (Å²) in [5.74, 6) is 1.85. The van der Waals surface area contributed by atoms with Crippen LogP contribution >= 0.6 is 0 Å². The lowest BCUT2D eigenvalue weighted by molar-refractivity contribution is -0.119. The third-order valence-corrected chi connectivity index (χ3v) is 3.79. The van der Waals surface area contributed by atoms with Gasteiger partial charge in [0.25, 0.3) is 0 Å². The third kappa shape index (κ3) is 2.26. The Bertz CT molecular complexity index is 598. The van der Waals surface area contributed by atoms with Gasteiger partial charge in [-0.2, -0.15) is 0 Å². The minimum atomic E-state index is -0.240. The number of hydrogen-bond acceptors (Lipinski definition) is 2. The highest BCUT2D eigenvalue weighted by molar-refractivity contribution is 5.91. The molecule has 2 heteroatoms. The molecule has 19 heavy (non-hydrogen) atoms. The zero-order valence-electron chi connectivity index (χ0n) is 10.9. The van der Waals surface area contributed by atoms with Crippen molar-refractivity contribution in [1.29, 1.82) is 0 Å². The Kier molecular flexibility index (Phi) is 2.86. The van der Waals surface area contributed by atoms with Gasteiger partial charge in [0.1, 0.15) is 17.3 Å². The number of carbonyl (C=O) groups is 1. The summed E-state index contributed by atoms with van der Waals surface area (Å²) in [6, 6.07) is 17.6. The molecule has 0 saturated heterocycles. The van der Waals surface area contributed by atoms with Crippen LogP contribution in [0, 0.1) is 0 Å². The average Bonchev–Trinajstić information content (AvgIpc) is 3.22. The maximum atomic E-state index is 11.8. The van der Waals surface area contributed by atoms with Crippen LogP contribution in [0.3, 0.4) is 0 Å². The van der Waals surface area contributed by atoms with Gasteiger partial charge in [0, 0.05) is 0 Å². The van der Waals surface area contributed by atoms with Crippen LogP contribution in [0.15, 0.2) is 54.6 Å². The van der Waals surface area contributed by atoms with E-state index in [2.05, 4.69) is 0 Å². The molecule has 3 rings (SSSR count). The zero-order chi connectivity index (χ0) is 13.3. The van der Waals surface area contributed by atoms with Crippen LogP contribution in [-0.2, 0) is 10.2 Å². The van der Waals surface area contributed by atoms with Gasteiger partial charge in [-0.1, -0.05) is 30.3 Å². The predicted octanol–water partition coefficient (Wildman–Crippen LogP) is 4.10. The van der Waals surface area contributed by atoms with Crippen LogP contribution in [0.25, 0.3) is 0 Å². The maximum absolute atomic E-state index is 11.8. The van der Waals surface area contributed by atoms with Crippen LogP contribution < -0.4 is 4.74 Å². The van der Waals surface area contributed by atoms with E-state index in [1.165, 1.54) is 0 Å². The zero-order valence-corrected chi connectivity index (χ0v) is 10.9. The minimum absolute atomic E-state index is 0.240. The van der Waals surface area contributed by atoms with E-state index in [0.717, 1.165) is 29.9 Å². The molecule has 0 bridgehead atoms. The normalized spacial score (nSPS) is 15.8. The largest absolute Gasteiger partial charge is 0.457 e. The lowest BCUT2D eigenvalue weighted by Crippen LogP contribution is -2.16. The molecule has 96 valence electrons. The van der Waals surface area contributed by atoms with Crippen molar-refractivity contribution in [2.45, 2.75) is 25.2 Å². The molecule has 0 spiro atoms. The fourth-order valence-corrected chi connectivity index (χ4v) is 2.45. The van der Waals surface area contributed by atoms with Crippen molar-refractivity contribution in [3.8, 4) is 11.5 Å².